The normalized spacial score (nSPS) is 14.0. The zero-order valence-corrected chi connectivity index (χ0v) is 74.4. The first-order valence-corrected chi connectivity index (χ1v) is 50.0. The van der Waals surface area contributed by atoms with Crippen LogP contribution in [0.25, 0.3) is 0 Å². The van der Waals surface area contributed by atoms with Gasteiger partial charge >= 0.3 is 39.5 Å². The maximum Gasteiger partial charge on any atom is 0.472 e. The molecule has 0 aliphatic heterocycles. The fraction of sp³-hybridized carbons (Fsp3) is 0.956. The van der Waals surface area contributed by atoms with Crippen LogP contribution in [0.4, 0.5) is 0 Å². The first-order valence-electron chi connectivity index (χ1n) is 47.0. The van der Waals surface area contributed by atoms with E-state index in [0.717, 1.165) is 102 Å². The van der Waals surface area contributed by atoms with Gasteiger partial charge in [0.15, 0.2) is 12.2 Å². The lowest BCUT2D eigenvalue weighted by atomic mass is 9.99. The van der Waals surface area contributed by atoms with E-state index >= 15 is 0 Å². The fourth-order valence-electron chi connectivity index (χ4n) is 14.3. The van der Waals surface area contributed by atoms with Crippen molar-refractivity contribution in [1.29, 1.82) is 0 Å². The van der Waals surface area contributed by atoms with Gasteiger partial charge in [-0.05, 0) is 37.5 Å². The van der Waals surface area contributed by atoms with Crippen LogP contribution in [0.15, 0.2) is 0 Å². The van der Waals surface area contributed by atoms with E-state index in [9.17, 15) is 43.2 Å². The summed E-state index contributed by atoms with van der Waals surface area (Å²) in [5, 5.41) is 10.7. The van der Waals surface area contributed by atoms with Gasteiger partial charge in [0.1, 0.15) is 19.3 Å². The van der Waals surface area contributed by atoms with Crippen LogP contribution in [-0.4, -0.2) is 96.7 Å². The van der Waals surface area contributed by atoms with Gasteiger partial charge < -0.3 is 33.8 Å². The number of phosphoric acid groups is 2. The average Bonchev–Trinajstić information content (AvgIpc) is 0.897. The van der Waals surface area contributed by atoms with E-state index in [-0.39, 0.29) is 25.7 Å². The number of phosphoric ester groups is 2. The third-order valence-electron chi connectivity index (χ3n) is 21.8. The summed E-state index contributed by atoms with van der Waals surface area (Å²) in [4.78, 5) is 73.4. The number of hydrogen-bond donors (Lipinski definition) is 3. The second-order valence-corrected chi connectivity index (χ2v) is 36.3. The van der Waals surface area contributed by atoms with Gasteiger partial charge in [-0.25, -0.2) is 9.13 Å². The van der Waals surface area contributed by atoms with Crippen LogP contribution >= 0.6 is 15.6 Å². The van der Waals surface area contributed by atoms with Gasteiger partial charge in [0.2, 0.25) is 0 Å². The van der Waals surface area contributed by atoms with Crippen molar-refractivity contribution >= 4 is 39.5 Å². The van der Waals surface area contributed by atoms with Gasteiger partial charge in [0, 0.05) is 25.7 Å². The summed E-state index contributed by atoms with van der Waals surface area (Å²) in [6.07, 6.45) is 76.4. The largest absolute Gasteiger partial charge is 0.472 e. The minimum absolute atomic E-state index is 0.108. The second kappa shape index (κ2) is 82.2. The first kappa shape index (κ1) is 108. The lowest BCUT2D eigenvalue weighted by molar-refractivity contribution is -0.161. The summed E-state index contributed by atoms with van der Waals surface area (Å²) in [6, 6.07) is 0. The molecule has 3 N–H and O–H groups in total. The van der Waals surface area contributed by atoms with Crippen molar-refractivity contribution in [3.05, 3.63) is 0 Å². The molecular weight excluding hydrogens is 1430 g/mol. The molecule has 0 saturated heterocycles. The number of ether oxygens (including phenoxy) is 4. The molecular formula is C91H178O17P2. The molecule has 110 heavy (non-hydrogen) atoms. The molecule has 6 atom stereocenters. The van der Waals surface area contributed by atoms with Crippen LogP contribution in [0.2, 0.25) is 0 Å². The molecule has 0 saturated carbocycles. The molecule has 0 aromatic carbocycles. The van der Waals surface area contributed by atoms with E-state index in [1.54, 1.807) is 0 Å². The van der Waals surface area contributed by atoms with E-state index in [0.29, 0.717) is 25.7 Å². The summed E-state index contributed by atoms with van der Waals surface area (Å²) in [7, 11) is -9.94. The van der Waals surface area contributed by atoms with Gasteiger partial charge in [-0.15, -0.1) is 0 Å². The lowest BCUT2D eigenvalue weighted by Gasteiger charge is -2.21. The zero-order valence-electron chi connectivity index (χ0n) is 72.6. The maximum absolute atomic E-state index is 13.2. The summed E-state index contributed by atoms with van der Waals surface area (Å²) in [6.45, 7) is 9.75. The maximum atomic E-state index is 13.2. The van der Waals surface area contributed by atoms with Crippen molar-refractivity contribution in [2.45, 2.75) is 509 Å². The van der Waals surface area contributed by atoms with Gasteiger partial charge in [-0.1, -0.05) is 440 Å². The number of esters is 4. The summed E-state index contributed by atoms with van der Waals surface area (Å²) in [5.74, 6) is -0.498. The van der Waals surface area contributed by atoms with E-state index in [2.05, 4.69) is 41.5 Å². The van der Waals surface area contributed by atoms with Crippen molar-refractivity contribution < 1.29 is 80.2 Å². The molecule has 0 bridgehead atoms. The van der Waals surface area contributed by atoms with E-state index < -0.39 is 97.5 Å². The molecule has 19 heteroatoms. The molecule has 0 aromatic rings. The Labute approximate surface area is 677 Å². The minimum Gasteiger partial charge on any atom is -0.462 e. The summed E-state index contributed by atoms with van der Waals surface area (Å²) < 4.78 is 69.1. The van der Waals surface area contributed by atoms with Crippen LogP contribution in [0, 0.1) is 11.8 Å². The third kappa shape index (κ3) is 82.6. The highest BCUT2D eigenvalue weighted by atomic mass is 31.2. The van der Waals surface area contributed by atoms with Gasteiger partial charge in [0.05, 0.1) is 26.4 Å². The highest BCUT2D eigenvalue weighted by Crippen LogP contribution is 2.45. The summed E-state index contributed by atoms with van der Waals surface area (Å²) in [5.41, 5.74) is 0. The van der Waals surface area contributed by atoms with Crippen LogP contribution in [-0.2, 0) is 65.4 Å². The van der Waals surface area contributed by atoms with E-state index in [4.69, 9.17) is 37.0 Å². The smallest absolute Gasteiger partial charge is 0.462 e. The molecule has 0 aliphatic rings. The number of hydrogen-bond acceptors (Lipinski definition) is 15. The zero-order chi connectivity index (χ0) is 80.6. The molecule has 0 heterocycles. The molecule has 0 rings (SSSR count). The Morgan fingerprint density at radius 3 is 0.691 bits per heavy atom. The Hall–Kier alpha value is -1.94. The topological polar surface area (TPSA) is 237 Å². The van der Waals surface area contributed by atoms with Crippen molar-refractivity contribution in [3.8, 4) is 0 Å². The van der Waals surface area contributed by atoms with Crippen molar-refractivity contribution in [2.75, 3.05) is 39.6 Å². The van der Waals surface area contributed by atoms with Crippen molar-refractivity contribution in [2.24, 2.45) is 11.8 Å². The number of rotatable bonds is 90. The number of carbonyl (C=O) groups is 4. The van der Waals surface area contributed by atoms with Crippen LogP contribution in [0.5, 0.6) is 0 Å². The first-order chi connectivity index (χ1) is 53.4. The highest BCUT2D eigenvalue weighted by molar-refractivity contribution is 7.47. The van der Waals surface area contributed by atoms with Crippen LogP contribution in [0.3, 0.4) is 0 Å². The molecule has 17 nitrogen and oxygen atoms in total. The molecule has 0 radical (unpaired) electrons. The molecule has 0 spiro atoms. The van der Waals surface area contributed by atoms with Crippen LogP contribution < -0.4 is 0 Å². The number of carbonyl (C=O) groups excluding carboxylic acids is 4. The van der Waals surface area contributed by atoms with Crippen molar-refractivity contribution in [3.63, 3.8) is 0 Å². The number of aliphatic hydroxyl groups excluding tert-OH is 1. The Morgan fingerprint density at radius 2 is 0.464 bits per heavy atom. The Kier molecular flexibility index (Phi) is 80.7. The standard InChI is InChI=1S/C91H178O17P2/c1-7-10-12-14-16-18-20-22-24-26-27-28-33-36-40-44-48-55-61-67-73-88(93)101-79-86(107-90(95)75-70-64-58-50-46-42-38-34-30-29-32-35-39-43-47-53-59-65-71-83(4)5)81-105-109(97,98)103-77-85(92)78-104-110(99,100)106-82-87(80-102-89(94)74-68-62-56-52-51-54-60-66-72-84(6)9-3)108-91(96)76-69-63-57-49-45-41-37-31-25-23-21-19-17-15-13-11-8-2/h83-87,92H,7-82H2,1-6H3,(H,97,98)(H,99,100)/t84?,85-,86-,87-/m1/s1. The molecule has 0 aromatic heterocycles. The lowest BCUT2D eigenvalue weighted by Crippen LogP contribution is -2.30. The molecule has 0 aliphatic carbocycles. The fourth-order valence-corrected chi connectivity index (χ4v) is 15.9. The van der Waals surface area contributed by atoms with Crippen LogP contribution in [0.1, 0.15) is 491 Å². The van der Waals surface area contributed by atoms with Gasteiger partial charge in [-0.3, -0.25) is 37.3 Å². The molecule has 3 unspecified atom stereocenters. The number of aliphatic hydroxyl groups is 1. The Bertz CT molecular complexity index is 2100. The Balaban J connectivity index is 5.25. The predicted molar refractivity (Wildman–Crippen MR) is 455 cm³/mol. The van der Waals surface area contributed by atoms with E-state index in [1.807, 2.05) is 0 Å². The number of unbranched alkanes of at least 4 members (excludes halogenated alkanes) is 59. The molecule has 654 valence electrons. The Morgan fingerprint density at radius 1 is 0.264 bits per heavy atom. The third-order valence-corrected chi connectivity index (χ3v) is 23.7. The average molecular weight is 1610 g/mol. The molecule has 0 amide bonds. The van der Waals surface area contributed by atoms with Gasteiger partial charge in [0.25, 0.3) is 0 Å². The quantitative estimate of drug-likeness (QED) is 0.0222. The monoisotopic (exact) mass is 1610 g/mol. The van der Waals surface area contributed by atoms with E-state index in [1.165, 1.54) is 308 Å². The minimum atomic E-state index is -4.97. The van der Waals surface area contributed by atoms with Crippen molar-refractivity contribution in [1.82, 2.24) is 0 Å². The molecule has 0 fully saturated rings. The highest BCUT2D eigenvalue weighted by Gasteiger charge is 2.31. The SMILES string of the molecule is CCCCCCCCCCCCCCCCCCCCCCC(=O)OC[C@H](COP(=O)(O)OC[C@@H](O)COP(=O)(O)OC[C@@H](COC(=O)CCCCCCCCCCC(C)CC)OC(=O)CCCCCCCCCCCCCCCCCCC)OC(=O)CCCCCCCCCCCCCCCCCCCCC(C)C. The predicted octanol–water partition coefficient (Wildman–Crippen LogP) is 28.2. The second-order valence-electron chi connectivity index (χ2n) is 33.4. The summed E-state index contributed by atoms with van der Waals surface area (Å²) >= 11 is 0. The van der Waals surface area contributed by atoms with Gasteiger partial charge in [-0.2, -0.15) is 0 Å².